The maximum absolute atomic E-state index is 2.41. The van der Waals surface area contributed by atoms with Crippen LogP contribution in [0.4, 0.5) is 0 Å². The predicted octanol–water partition coefficient (Wildman–Crippen LogP) is 4.37. The SMILES string of the molecule is Cc1ccc2cc3c(c-2cc1)CCCCC3. The van der Waals surface area contributed by atoms with Gasteiger partial charge in [0.25, 0.3) is 0 Å². The second-order valence-corrected chi connectivity index (χ2v) is 4.99. The summed E-state index contributed by atoms with van der Waals surface area (Å²) in [5.74, 6) is 0. The second kappa shape index (κ2) is 3.93. The van der Waals surface area contributed by atoms with E-state index in [2.05, 4.69) is 37.3 Å². The maximum atomic E-state index is 2.41. The molecule has 0 heterocycles. The molecular weight excluding hydrogens is 192 g/mol. The fourth-order valence-corrected chi connectivity index (χ4v) is 2.84. The zero-order chi connectivity index (χ0) is 11.0. The summed E-state index contributed by atoms with van der Waals surface area (Å²) in [7, 11) is 0. The van der Waals surface area contributed by atoms with E-state index in [9.17, 15) is 0 Å². The van der Waals surface area contributed by atoms with Crippen molar-refractivity contribution in [2.45, 2.75) is 39.0 Å². The summed E-state index contributed by atoms with van der Waals surface area (Å²) in [5.41, 5.74) is 7.50. The Morgan fingerprint density at radius 3 is 2.62 bits per heavy atom. The highest BCUT2D eigenvalue weighted by Crippen LogP contribution is 2.35. The molecule has 0 heteroatoms. The van der Waals surface area contributed by atoms with Crippen LogP contribution in [0.1, 0.15) is 36.0 Å². The van der Waals surface area contributed by atoms with E-state index >= 15 is 0 Å². The molecule has 0 aromatic rings. The van der Waals surface area contributed by atoms with Gasteiger partial charge in [0.2, 0.25) is 0 Å². The molecule has 0 fully saturated rings. The Morgan fingerprint density at radius 2 is 1.69 bits per heavy atom. The van der Waals surface area contributed by atoms with E-state index in [0.29, 0.717) is 0 Å². The van der Waals surface area contributed by atoms with Gasteiger partial charge in [0.05, 0.1) is 0 Å². The third-order valence-electron chi connectivity index (χ3n) is 3.77. The Hall–Kier alpha value is -1.30. The van der Waals surface area contributed by atoms with Crippen LogP contribution in [0.2, 0.25) is 0 Å². The standard InChI is InChI=1S/C16H18/c1-12-7-9-14-11-13-5-3-2-4-6-15(13)16(14)10-8-12/h7-11H,2-6H2,1H3. The summed E-state index contributed by atoms with van der Waals surface area (Å²) in [6.07, 6.45) is 6.70. The average molecular weight is 210 g/mol. The summed E-state index contributed by atoms with van der Waals surface area (Å²) in [5, 5.41) is 0. The summed E-state index contributed by atoms with van der Waals surface area (Å²) in [6.45, 7) is 2.16. The number of rotatable bonds is 0. The smallest absolute Gasteiger partial charge is 0.0149 e. The van der Waals surface area contributed by atoms with Gasteiger partial charge >= 0.3 is 0 Å². The normalized spacial score (nSPS) is 15.8. The summed E-state index contributed by atoms with van der Waals surface area (Å²) in [6, 6.07) is 11.5. The van der Waals surface area contributed by atoms with Crippen LogP contribution in [-0.2, 0) is 12.8 Å². The van der Waals surface area contributed by atoms with E-state index in [1.54, 1.807) is 11.1 Å². The zero-order valence-corrected chi connectivity index (χ0v) is 9.92. The molecule has 3 rings (SSSR count). The average Bonchev–Trinajstić information content (AvgIpc) is 2.48. The molecule has 0 spiro atoms. The lowest BCUT2D eigenvalue weighted by molar-refractivity contribution is 0.711. The van der Waals surface area contributed by atoms with Crippen molar-refractivity contribution >= 4 is 0 Å². The Bertz CT molecular complexity index is 482. The monoisotopic (exact) mass is 210 g/mol. The van der Waals surface area contributed by atoms with Crippen LogP contribution in [0, 0.1) is 6.92 Å². The molecule has 0 bridgehead atoms. The fourth-order valence-electron chi connectivity index (χ4n) is 2.84. The highest BCUT2D eigenvalue weighted by molar-refractivity contribution is 5.73. The molecule has 0 unspecified atom stereocenters. The van der Waals surface area contributed by atoms with Crippen LogP contribution >= 0.6 is 0 Å². The second-order valence-electron chi connectivity index (χ2n) is 4.99. The first-order valence-electron chi connectivity index (χ1n) is 6.36. The molecule has 0 saturated carbocycles. The lowest BCUT2D eigenvalue weighted by Gasteiger charge is -2.00. The molecule has 0 aliphatic heterocycles. The summed E-state index contributed by atoms with van der Waals surface area (Å²) in [4.78, 5) is 0. The van der Waals surface area contributed by atoms with Crippen molar-refractivity contribution in [2.75, 3.05) is 0 Å². The Morgan fingerprint density at radius 1 is 0.875 bits per heavy atom. The van der Waals surface area contributed by atoms with E-state index in [4.69, 9.17) is 0 Å². The first-order valence-corrected chi connectivity index (χ1v) is 6.36. The van der Waals surface area contributed by atoms with Crippen molar-refractivity contribution in [3.05, 3.63) is 47.0 Å². The van der Waals surface area contributed by atoms with Crippen LogP contribution in [0.5, 0.6) is 0 Å². The molecule has 0 N–H and O–H groups in total. The number of hydrogen-bond acceptors (Lipinski definition) is 0. The molecule has 3 aliphatic carbocycles. The maximum Gasteiger partial charge on any atom is -0.0149 e. The van der Waals surface area contributed by atoms with Gasteiger partial charge in [-0.05, 0) is 54.9 Å². The number of aryl methyl sites for hydroxylation is 2. The first-order chi connectivity index (χ1) is 7.84. The van der Waals surface area contributed by atoms with Crippen molar-refractivity contribution in [3.63, 3.8) is 0 Å². The van der Waals surface area contributed by atoms with Crippen molar-refractivity contribution in [1.82, 2.24) is 0 Å². The lowest BCUT2D eigenvalue weighted by atomic mass is 10.0. The van der Waals surface area contributed by atoms with E-state index < -0.39 is 0 Å². The van der Waals surface area contributed by atoms with Crippen LogP contribution < -0.4 is 0 Å². The van der Waals surface area contributed by atoms with E-state index in [1.807, 2.05) is 0 Å². The Kier molecular flexibility index (Phi) is 2.43. The molecule has 0 saturated heterocycles. The van der Waals surface area contributed by atoms with Gasteiger partial charge in [-0.1, -0.05) is 42.3 Å². The highest BCUT2D eigenvalue weighted by Gasteiger charge is 2.16. The quantitative estimate of drug-likeness (QED) is 0.566. The van der Waals surface area contributed by atoms with Gasteiger partial charge in [-0.25, -0.2) is 0 Å². The van der Waals surface area contributed by atoms with Crippen LogP contribution in [0.25, 0.3) is 11.1 Å². The van der Waals surface area contributed by atoms with Crippen LogP contribution in [-0.4, -0.2) is 0 Å². The zero-order valence-electron chi connectivity index (χ0n) is 9.92. The van der Waals surface area contributed by atoms with Gasteiger partial charge in [-0.3, -0.25) is 0 Å². The van der Waals surface area contributed by atoms with Crippen molar-refractivity contribution in [1.29, 1.82) is 0 Å². The Balaban J connectivity index is 2.19. The van der Waals surface area contributed by atoms with Gasteiger partial charge in [0.1, 0.15) is 0 Å². The minimum Gasteiger partial charge on any atom is -0.0587 e. The molecular formula is C16H18. The minimum atomic E-state index is 1.28. The molecule has 0 radical (unpaired) electrons. The number of hydrogen-bond donors (Lipinski definition) is 0. The van der Waals surface area contributed by atoms with Gasteiger partial charge in [0.15, 0.2) is 0 Å². The molecule has 0 atom stereocenters. The van der Waals surface area contributed by atoms with Crippen molar-refractivity contribution in [2.24, 2.45) is 0 Å². The highest BCUT2D eigenvalue weighted by atomic mass is 14.2. The lowest BCUT2D eigenvalue weighted by Crippen LogP contribution is -1.84. The summed E-state index contributed by atoms with van der Waals surface area (Å²) >= 11 is 0. The molecule has 82 valence electrons. The van der Waals surface area contributed by atoms with Gasteiger partial charge in [-0.15, -0.1) is 0 Å². The third-order valence-corrected chi connectivity index (χ3v) is 3.77. The van der Waals surface area contributed by atoms with Crippen molar-refractivity contribution < 1.29 is 0 Å². The van der Waals surface area contributed by atoms with Gasteiger partial charge in [0, 0.05) is 0 Å². The first kappa shape index (κ1) is 9.89. The fraction of sp³-hybridized carbons (Fsp3) is 0.375. The van der Waals surface area contributed by atoms with Gasteiger partial charge < -0.3 is 0 Å². The third kappa shape index (κ3) is 1.63. The molecule has 16 heavy (non-hydrogen) atoms. The van der Waals surface area contributed by atoms with Gasteiger partial charge in [-0.2, -0.15) is 0 Å². The molecule has 0 nitrogen and oxygen atoms in total. The topological polar surface area (TPSA) is 0 Å². The van der Waals surface area contributed by atoms with E-state index in [-0.39, 0.29) is 0 Å². The minimum absolute atomic E-state index is 1.28. The number of fused-ring (bicyclic) bond motifs is 3. The summed E-state index contributed by atoms with van der Waals surface area (Å²) < 4.78 is 0. The van der Waals surface area contributed by atoms with E-state index in [1.165, 1.54) is 48.8 Å². The molecule has 0 amide bonds. The Labute approximate surface area is 97.7 Å². The molecule has 3 aliphatic rings. The van der Waals surface area contributed by atoms with Crippen molar-refractivity contribution in [3.8, 4) is 11.1 Å². The van der Waals surface area contributed by atoms with Crippen LogP contribution in [0.3, 0.4) is 0 Å². The predicted molar refractivity (Wildman–Crippen MR) is 69.1 cm³/mol. The van der Waals surface area contributed by atoms with E-state index in [0.717, 1.165) is 0 Å². The molecule has 0 aromatic heterocycles. The largest absolute Gasteiger partial charge is 0.0587 e. The molecule has 0 aromatic carbocycles. The van der Waals surface area contributed by atoms with Crippen LogP contribution in [0.15, 0.2) is 30.3 Å².